The monoisotopic (exact) mass is 376 g/mol. The highest BCUT2D eigenvalue weighted by atomic mass is 35.5. The van der Waals surface area contributed by atoms with Gasteiger partial charge in [0, 0.05) is 29.0 Å². The highest BCUT2D eigenvalue weighted by Crippen LogP contribution is 2.29. The number of ether oxygens (including phenoxy) is 1. The zero-order valence-corrected chi connectivity index (χ0v) is 15.0. The van der Waals surface area contributed by atoms with Gasteiger partial charge in [-0.05, 0) is 36.6 Å². The van der Waals surface area contributed by atoms with Crippen LogP contribution in [0.15, 0.2) is 40.4 Å². The number of nitrogens with one attached hydrogen (secondary N) is 1. The number of pyridine rings is 1. The minimum atomic E-state index is -0.197. The fraction of sp³-hybridized carbons (Fsp3) is 0.353. The van der Waals surface area contributed by atoms with Crippen LogP contribution in [0.3, 0.4) is 0 Å². The molecule has 1 N–H and O–H groups in total. The van der Waals surface area contributed by atoms with E-state index in [1.807, 2.05) is 24.3 Å². The van der Waals surface area contributed by atoms with Crippen LogP contribution in [0.2, 0.25) is 5.02 Å². The second kappa shape index (κ2) is 7.19. The van der Waals surface area contributed by atoms with Crippen molar-refractivity contribution in [3.05, 3.63) is 51.5 Å². The number of thioether (sulfide) groups is 1. The number of nitrogens with zero attached hydrogens (tertiary/aromatic N) is 3. The van der Waals surface area contributed by atoms with Crippen LogP contribution in [-0.4, -0.2) is 32.5 Å². The molecule has 0 radical (unpaired) electrons. The second-order valence-corrected chi connectivity index (χ2v) is 7.30. The maximum absolute atomic E-state index is 12.0. The first-order valence-corrected chi connectivity index (χ1v) is 9.50. The molecule has 3 heterocycles. The Balaban J connectivity index is 1.56. The van der Waals surface area contributed by atoms with Gasteiger partial charge in [0.05, 0.1) is 18.2 Å². The second-order valence-electron chi connectivity index (χ2n) is 5.95. The molecular weight excluding hydrogens is 360 g/mol. The zero-order chi connectivity index (χ0) is 17.2. The standard InChI is InChI=1S/C17H17ClN4O2S/c18-14-6-5-11(15-13(14)4-1-7-19-15)10-25-17-21-20-16(23)22(17)9-12-3-2-8-24-12/h1,4-7,12H,2-3,8-10H2,(H,20,23). The summed E-state index contributed by atoms with van der Waals surface area (Å²) in [5.41, 5.74) is 1.74. The molecule has 1 unspecified atom stereocenters. The Labute approximate surface area is 153 Å². The number of rotatable bonds is 5. The van der Waals surface area contributed by atoms with Crippen molar-refractivity contribution in [2.24, 2.45) is 0 Å². The van der Waals surface area contributed by atoms with E-state index in [9.17, 15) is 4.79 Å². The summed E-state index contributed by atoms with van der Waals surface area (Å²) in [6.45, 7) is 1.31. The lowest BCUT2D eigenvalue weighted by Crippen LogP contribution is -2.24. The summed E-state index contributed by atoms with van der Waals surface area (Å²) in [6, 6.07) is 7.68. The molecule has 25 heavy (non-hydrogen) atoms. The van der Waals surface area contributed by atoms with E-state index in [2.05, 4.69) is 15.2 Å². The van der Waals surface area contributed by atoms with E-state index in [1.165, 1.54) is 11.8 Å². The summed E-state index contributed by atoms with van der Waals surface area (Å²) in [4.78, 5) is 16.5. The van der Waals surface area contributed by atoms with Crippen LogP contribution in [0.1, 0.15) is 18.4 Å². The van der Waals surface area contributed by atoms with Crippen LogP contribution in [0.25, 0.3) is 10.9 Å². The zero-order valence-electron chi connectivity index (χ0n) is 13.4. The summed E-state index contributed by atoms with van der Waals surface area (Å²) >= 11 is 7.75. The molecule has 1 aliphatic heterocycles. The molecule has 1 saturated heterocycles. The molecule has 2 aromatic heterocycles. The van der Waals surface area contributed by atoms with E-state index in [-0.39, 0.29) is 11.8 Å². The van der Waals surface area contributed by atoms with Gasteiger partial charge in [-0.2, -0.15) is 0 Å². The van der Waals surface area contributed by atoms with Gasteiger partial charge in [0.25, 0.3) is 0 Å². The Morgan fingerprint density at radius 1 is 1.40 bits per heavy atom. The maximum atomic E-state index is 12.0. The number of benzene rings is 1. The largest absolute Gasteiger partial charge is 0.376 e. The summed E-state index contributed by atoms with van der Waals surface area (Å²) in [5.74, 6) is 0.653. The number of hydrogen-bond acceptors (Lipinski definition) is 5. The molecule has 4 rings (SSSR count). The highest BCUT2D eigenvalue weighted by molar-refractivity contribution is 7.98. The number of aromatic amines is 1. The van der Waals surface area contributed by atoms with Crippen molar-refractivity contribution in [1.82, 2.24) is 19.7 Å². The number of halogens is 1. The van der Waals surface area contributed by atoms with Gasteiger partial charge in [-0.25, -0.2) is 9.89 Å². The quantitative estimate of drug-likeness (QED) is 0.692. The lowest BCUT2D eigenvalue weighted by molar-refractivity contribution is 0.0941. The molecule has 0 bridgehead atoms. The third-order valence-electron chi connectivity index (χ3n) is 4.29. The molecule has 1 aromatic carbocycles. The van der Waals surface area contributed by atoms with Crippen LogP contribution in [0.4, 0.5) is 0 Å². The van der Waals surface area contributed by atoms with Gasteiger partial charge < -0.3 is 4.74 Å². The first kappa shape index (κ1) is 16.6. The SMILES string of the molecule is O=c1[nH]nc(SCc2ccc(Cl)c3cccnc23)n1CC1CCCO1. The van der Waals surface area contributed by atoms with Crippen molar-refractivity contribution >= 4 is 34.3 Å². The number of aromatic nitrogens is 4. The van der Waals surface area contributed by atoms with Crippen LogP contribution in [0, 0.1) is 0 Å². The van der Waals surface area contributed by atoms with Gasteiger partial charge in [0.15, 0.2) is 5.16 Å². The molecule has 0 aliphatic carbocycles. The van der Waals surface area contributed by atoms with Crippen molar-refractivity contribution in [2.45, 2.75) is 36.4 Å². The Kier molecular flexibility index (Phi) is 4.78. The normalized spacial score (nSPS) is 17.4. The van der Waals surface area contributed by atoms with Crippen molar-refractivity contribution in [2.75, 3.05) is 6.61 Å². The molecule has 6 nitrogen and oxygen atoms in total. The predicted octanol–water partition coefficient (Wildman–Crippen LogP) is 3.24. The molecule has 3 aromatic rings. The molecular formula is C17H17ClN4O2S. The smallest absolute Gasteiger partial charge is 0.344 e. The van der Waals surface area contributed by atoms with Gasteiger partial charge in [-0.15, -0.1) is 5.10 Å². The summed E-state index contributed by atoms with van der Waals surface area (Å²) in [6.07, 6.45) is 3.87. The van der Waals surface area contributed by atoms with E-state index in [0.717, 1.165) is 35.9 Å². The average molecular weight is 377 g/mol. The molecule has 1 fully saturated rings. The molecule has 8 heteroatoms. The topological polar surface area (TPSA) is 72.8 Å². The molecule has 1 aliphatic rings. The van der Waals surface area contributed by atoms with Gasteiger partial charge in [0.1, 0.15) is 0 Å². The van der Waals surface area contributed by atoms with Crippen LogP contribution < -0.4 is 5.69 Å². The van der Waals surface area contributed by atoms with Crippen molar-refractivity contribution in [3.63, 3.8) is 0 Å². The minimum absolute atomic E-state index is 0.0904. The average Bonchev–Trinajstić information content (AvgIpc) is 3.26. The first-order valence-electron chi connectivity index (χ1n) is 8.14. The van der Waals surface area contributed by atoms with E-state index < -0.39 is 0 Å². The summed E-state index contributed by atoms with van der Waals surface area (Å²) < 4.78 is 7.29. The Bertz CT molecular complexity index is 949. The molecule has 0 spiro atoms. The van der Waals surface area contributed by atoms with Gasteiger partial charge >= 0.3 is 5.69 Å². The Hall–Kier alpha value is -1.83. The molecule has 0 amide bonds. The molecule has 1 atom stereocenters. The van der Waals surface area contributed by atoms with E-state index in [4.69, 9.17) is 16.3 Å². The minimum Gasteiger partial charge on any atom is -0.376 e. The third kappa shape index (κ3) is 3.44. The van der Waals surface area contributed by atoms with E-state index in [1.54, 1.807) is 10.8 Å². The summed E-state index contributed by atoms with van der Waals surface area (Å²) in [5, 5.41) is 8.98. The number of hydrogen-bond donors (Lipinski definition) is 1. The molecule has 130 valence electrons. The van der Waals surface area contributed by atoms with Crippen molar-refractivity contribution in [3.8, 4) is 0 Å². The first-order chi connectivity index (χ1) is 12.2. The van der Waals surface area contributed by atoms with Gasteiger partial charge in [0.2, 0.25) is 0 Å². The lowest BCUT2D eigenvalue weighted by Gasteiger charge is -2.11. The fourth-order valence-corrected chi connectivity index (χ4v) is 4.18. The van der Waals surface area contributed by atoms with E-state index >= 15 is 0 Å². The third-order valence-corrected chi connectivity index (χ3v) is 5.65. The van der Waals surface area contributed by atoms with Crippen LogP contribution >= 0.6 is 23.4 Å². The highest BCUT2D eigenvalue weighted by Gasteiger charge is 2.20. The van der Waals surface area contributed by atoms with Gasteiger partial charge in [-0.1, -0.05) is 29.4 Å². The van der Waals surface area contributed by atoms with Crippen LogP contribution in [0.5, 0.6) is 0 Å². The molecule has 0 saturated carbocycles. The number of fused-ring (bicyclic) bond motifs is 1. The lowest BCUT2D eigenvalue weighted by atomic mass is 10.1. The number of H-pyrrole nitrogens is 1. The Morgan fingerprint density at radius 3 is 3.16 bits per heavy atom. The van der Waals surface area contributed by atoms with Crippen molar-refractivity contribution < 1.29 is 4.74 Å². The fourth-order valence-electron chi connectivity index (χ4n) is 3.02. The summed E-state index contributed by atoms with van der Waals surface area (Å²) in [7, 11) is 0. The maximum Gasteiger partial charge on any atom is 0.344 e. The Morgan fingerprint density at radius 2 is 2.32 bits per heavy atom. The van der Waals surface area contributed by atoms with Crippen molar-refractivity contribution in [1.29, 1.82) is 0 Å². The van der Waals surface area contributed by atoms with Gasteiger partial charge in [-0.3, -0.25) is 9.55 Å². The van der Waals surface area contributed by atoms with Crippen LogP contribution in [-0.2, 0) is 17.0 Å². The van der Waals surface area contributed by atoms with E-state index in [0.29, 0.717) is 22.5 Å². The predicted molar refractivity (Wildman–Crippen MR) is 98.1 cm³/mol.